The minimum absolute atomic E-state index is 0.288. The van der Waals surface area contributed by atoms with Crippen LogP contribution in [0.5, 0.6) is 0 Å². The topological polar surface area (TPSA) is 85.8 Å². The summed E-state index contributed by atoms with van der Waals surface area (Å²) in [4.78, 5) is 21.1. The molecule has 0 saturated carbocycles. The molecule has 1 amide bonds. The molecule has 6 nitrogen and oxygen atoms in total. The van der Waals surface area contributed by atoms with Gasteiger partial charge in [-0.15, -0.1) is 0 Å². The molecule has 1 aromatic carbocycles. The van der Waals surface area contributed by atoms with Crippen molar-refractivity contribution in [2.24, 2.45) is 5.73 Å². The number of thioether (sulfide) groups is 1. The number of nitrogens with one attached hydrogen (secondary N) is 1. The van der Waals surface area contributed by atoms with E-state index in [0.29, 0.717) is 5.56 Å². The molecule has 0 aliphatic carbocycles. The van der Waals surface area contributed by atoms with Gasteiger partial charge in [0.15, 0.2) is 5.16 Å². The number of nitrogens with zero attached hydrogens (tertiary/aromatic N) is 3. The fourth-order valence-corrected chi connectivity index (χ4v) is 3.98. The zero-order valence-electron chi connectivity index (χ0n) is 14.2. The zero-order valence-corrected chi connectivity index (χ0v) is 15.0. The number of primary amides is 1. The largest absolute Gasteiger partial charge is 0.366 e. The van der Waals surface area contributed by atoms with Gasteiger partial charge in [0.1, 0.15) is 0 Å². The first kappa shape index (κ1) is 16.4. The number of aromatic nitrogens is 3. The summed E-state index contributed by atoms with van der Waals surface area (Å²) in [5, 5.41) is 6.07. The van der Waals surface area contributed by atoms with E-state index in [1.807, 2.05) is 30.8 Å². The van der Waals surface area contributed by atoms with Crippen LogP contribution in [0.15, 0.2) is 29.7 Å². The molecular formula is C18H21N5OS. The fraction of sp³-hybridized carbons (Fsp3) is 0.389. The number of rotatable bonds is 3. The number of hydrogen-bond acceptors (Lipinski definition) is 5. The number of nitrogens with two attached hydrogens (primary N) is 1. The summed E-state index contributed by atoms with van der Waals surface area (Å²) in [6.45, 7) is 1.93. The fourth-order valence-electron chi connectivity index (χ4n) is 3.64. The molecule has 7 heteroatoms. The highest BCUT2D eigenvalue weighted by molar-refractivity contribution is 7.98. The molecule has 2 aromatic heterocycles. The lowest BCUT2D eigenvalue weighted by Crippen LogP contribution is -2.23. The van der Waals surface area contributed by atoms with E-state index in [1.165, 1.54) is 24.6 Å². The molecule has 1 saturated heterocycles. The summed E-state index contributed by atoms with van der Waals surface area (Å²) in [5.41, 5.74) is 8.08. The van der Waals surface area contributed by atoms with Crippen molar-refractivity contribution < 1.29 is 4.79 Å². The van der Waals surface area contributed by atoms with Crippen LogP contribution in [0.1, 0.15) is 35.7 Å². The second kappa shape index (κ2) is 6.65. The van der Waals surface area contributed by atoms with Crippen molar-refractivity contribution in [2.45, 2.75) is 30.5 Å². The van der Waals surface area contributed by atoms with Crippen molar-refractivity contribution in [3.05, 3.63) is 30.1 Å². The number of amides is 1. The van der Waals surface area contributed by atoms with Gasteiger partial charge >= 0.3 is 0 Å². The van der Waals surface area contributed by atoms with Crippen LogP contribution >= 0.6 is 11.8 Å². The van der Waals surface area contributed by atoms with Gasteiger partial charge < -0.3 is 15.6 Å². The van der Waals surface area contributed by atoms with Crippen LogP contribution in [0.2, 0.25) is 0 Å². The third-order valence-electron chi connectivity index (χ3n) is 4.88. The Balaban J connectivity index is 2.02. The van der Waals surface area contributed by atoms with E-state index in [-0.39, 0.29) is 6.04 Å². The number of benzene rings is 1. The van der Waals surface area contributed by atoms with E-state index in [9.17, 15) is 4.79 Å². The van der Waals surface area contributed by atoms with Crippen molar-refractivity contribution in [1.82, 2.24) is 19.9 Å². The minimum Gasteiger partial charge on any atom is -0.366 e. The molecule has 0 bridgehead atoms. The number of carbonyl (C=O) groups excluding carboxylic acids is 1. The SMILES string of the molecule is CSc1ncc2ccc3c(C(N)=O)cn(C4CCCCNC4)c3c2n1. The van der Waals surface area contributed by atoms with E-state index in [0.717, 1.165) is 46.5 Å². The van der Waals surface area contributed by atoms with Gasteiger partial charge in [0, 0.05) is 35.8 Å². The van der Waals surface area contributed by atoms with Crippen molar-refractivity contribution in [2.75, 3.05) is 19.3 Å². The summed E-state index contributed by atoms with van der Waals surface area (Å²) < 4.78 is 2.20. The quantitative estimate of drug-likeness (QED) is 0.557. The average molecular weight is 355 g/mol. The molecule has 1 aliphatic heterocycles. The van der Waals surface area contributed by atoms with Crippen LogP contribution in [0, 0.1) is 0 Å². The normalized spacial score (nSPS) is 18.5. The van der Waals surface area contributed by atoms with Crippen molar-refractivity contribution in [3.63, 3.8) is 0 Å². The Morgan fingerprint density at radius 1 is 1.40 bits per heavy atom. The highest BCUT2D eigenvalue weighted by atomic mass is 32.2. The number of carbonyl (C=O) groups is 1. The second-order valence-electron chi connectivity index (χ2n) is 6.42. The third-order valence-corrected chi connectivity index (χ3v) is 5.44. The maximum absolute atomic E-state index is 12.0. The van der Waals surface area contributed by atoms with Gasteiger partial charge in [-0.05, 0) is 25.6 Å². The summed E-state index contributed by atoms with van der Waals surface area (Å²) in [6.07, 6.45) is 9.14. The van der Waals surface area contributed by atoms with Gasteiger partial charge in [-0.1, -0.05) is 30.3 Å². The molecule has 0 radical (unpaired) electrons. The van der Waals surface area contributed by atoms with Crippen LogP contribution < -0.4 is 11.1 Å². The first-order valence-corrected chi connectivity index (χ1v) is 9.76. The van der Waals surface area contributed by atoms with Gasteiger partial charge in [-0.25, -0.2) is 9.97 Å². The van der Waals surface area contributed by atoms with Gasteiger partial charge in [0.25, 0.3) is 5.91 Å². The van der Waals surface area contributed by atoms with Crippen LogP contribution in [-0.2, 0) is 0 Å². The third kappa shape index (κ3) is 2.87. The molecule has 1 unspecified atom stereocenters. The average Bonchev–Trinajstić information content (AvgIpc) is 2.82. The summed E-state index contributed by atoms with van der Waals surface area (Å²) in [7, 11) is 0. The van der Waals surface area contributed by atoms with Gasteiger partial charge in [0.05, 0.1) is 16.6 Å². The molecular weight excluding hydrogens is 334 g/mol. The molecule has 4 rings (SSSR count). The zero-order chi connectivity index (χ0) is 17.4. The molecule has 3 aromatic rings. The Morgan fingerprint density at radius 2 is 2.28 bits per heavy atom. The minimum atomic E-state index is -0.399. The van der Waals surface area contributed by atoms with Crippen LogP contribution in [0.4, 0.5) is 0 Å². The Bertz CT molecular complexity index is 943. The molecule has 1 aliphatic rings. The lowest BCUT2D eigenvalue weighted by Gasteiger charge is -2.18. The molecule has 25 heavy (non-hydrogen) atoms. The molecule has 1 atom stereocenters. The number of hydrogen-bond donors (Lipinski definition) is 2. The highest BCUT2D eigenvalue weighted by Gasteiger charge is 2.22. The van der Waals surface area contributed by atoms with Crippen LogP contribution in [-0.4, -0.2) is 39.8 Å². The van der Waals surface area contributed by atoms with E-state index >= 15 is 0 Å². The van der Waals surface area contributed by atoms with Crippen molar-refractivity contribution in [3.8, 4) is 0 Å². The van der Waals surface area contributed by atoms with Crippen LogP contribution in [0.25, 0.3) is 21.8 Å². The predicted octanol–water partition coefficient (Wildman–Crippen LogP) is 2.72. The lowest BCUT2D eigenvalue weighted by molar-refractivity contribution is 0.100. The smallest absolute Gasteiger partial charge is 0.250 e. The Morgan fingerprint density at radius 3 is 3.08 bits per heavy atom. The summed E-state index contributed by atoms with van der Waals surface area (Å²) >= 11 is 1.51. The van der Waals surface area contributed by atoms with E-state index < -0.39 is 5.91 Å². The second-order valence-corrected chi connectivity index (χ2v) is 7.20. The van der Waals surface area contributed by atoms with Gasteiger partial charge in [0.2, 0.25) is 0 Å². The summed E-state index contributed by atoms with van der Waals surface area (Å²) in [6, 6.07) is 4.21. The lowest BCUT2D eigenvalue weighted by atomic mass is 10.1. The van der Waals surface area contributed by atoms with Crippen molar-refractivity contribution in [1.29, 1.82) is 0 Å². The molecule has 3 heterocycles. The van der Waals surface area contributed by atoms with E-state index in [1.54, 1.807) is 0 Å². The van der Waals surface area contributed by atoms with E-state index in [2.05, 4.69) is 14.9 Å². The predicted molar refractivity (Wildman–Crippen MR) is 101 cm³/mol. The molecule has 0 spiro atoms. The molecule has 1 fully saturated rings. The standard InChI is InChI=1S/C18H21N5OS/c1-25-18-21-8-11-5-6-13-14(17(19)24)10-23(16(13)15(11)22-18)12-4-2-3-7-20-9-12/h5-6,8,10,12,20H,2-4,7,9H2,1H3,(H2,19,24). The maximum atomic E-state index is 12.0. The Hall–Kier alpha value is -2.12. The molecule has 3 N–H and O–H groups in total. The summed E-state index contributed by atoms with van der Waals surface area (Å²) in [5.74, 6) is -0.399. The van der Waals surface area contributed by atoms with Gasteiger partial charge in [-0.2, -0.15) is 0 Å². The van der Waals surface area contributed by atoms with Crippen molar-refractivity contribution >= 4 is 39.5 Å². The van der Waals surface area contributed by atoms with Crippen LogP contribution in [0.3, 0.4) is 0 Å². The Kier molecular flexibility index (Phi) is 4.35. The highest BCUT2D eigenvalue weighted by Crippen LogP contribution is 2.32. The monoisotopic (exact) mass is 355 g/mol. The van der Waals surface area contributed by atoms with Gasteiger partial charge in [-0.3, -0.25) is 4.79 Å². The first-order chi connectivity index (χ1) is 12.2. The van der Waals surface area contributed by atoms with E-state index in [4.69, 9.17) is 10.7 Å². The Labute approximate surface area is 150 Å². The molecule has 130 valence electrons. The first-order valence-electron chi connectivity index (χ1n) is 8.54. The number of fused-ring (bicyclic) bond motifs is 3. The maximum Gasteiger partial charge on any atom is 0.250 e.